The van der Waals surface area contributed by atoms with E-state index in [9.17, 15) is 4.79 Å². The van der Waals surface area contributed by atoms with Gasteiger partial charge in [-0.1, -0.05) is 0 Å². The van der Waals surface area contributed by atoms with Crippen molar-refractivity contribution in [2.24, 2.45) is 0 Å². The number of aromatic nitrogens is 2. The molecule has 0 fully saturated rings. The van der Waals surface area contributed by atoms with E-state index in [0.717, 1.165) is 30.8 Å². The van der Waals surface area contributed by atoms with Crippen LogP contribution in [0.15, 0.2) is 29.0 Å². The SMILES string of the molecule is CCn1ncc(C(=O)N(C)C(C)CCc2ccco2)c1C. The first kappa shape index (κ1) is 15.4. The summed E-state index contributed by atoms with van der Waals surface area (Å²) in [5, 5.41) is 4.24. The lowest BCUT2D eigenvalue weighted by Gasteiger charge is -2.24. The van der Waals surface area contributed by atoms with E-state index in [2.05, 4.69) is 12.0 Å². The van der Waals surface area contributed by atoms with Crippen LogP contribution in [0.5, 0.6) is 0 Å². The zero-order valence-corrected chi connectivity index (χ0v) is 13.2. The fourth-order valence-corrected chi connectivity index (χ4v) is 2.37. The van der Waals surface area contributed by atoms with Gasteiger partial charge in [0.2, 0.25) is 0 Å². The van der Waals surface area contributed by atoms with Gasteiger partial charge in [0.15, 0.2) is 0 Å². The summed E-state index contributed by atoms with van der Waals surface area (Å²) in [6.07, 6.45) is 5.05. The zero-order valence-electron chi connectivity index (χ0n) is 13.2. The predicted molar refractivity (Wildman–Crippen MR) is 81.2 cm³/mol. The molecule has 0 saturated heterocycles. The van der Waals surface area contributed by atoms with Crippen LogP contribution in [-0.2, 0) is 13.0 Å². The summed E-state index contributed by atoms with van der Waals surface area (Å²) in [6, 6.07) is 3.99. The van der Waals surface area contributed by atoms with Crippen LogP contribution in [-0.4, -0.2) is 33.7 Å². The minimum Gasteiger partial charge on any atom is -0.469 e. The van der Waals surface area contributed by atoms with E-state index < -0.39 is 0 Å². The van der Waals surface area contributed by atoms with E-state index in [1.54, 1.807) is 17.4 Å². The van der Waals surface area contributed by atoms with Gasteiger partial charge in [-0.05, 0) is 39.3 Å². The monoisotopic (exact) mass is 289 g/mol. The maximum Gasteiger partial charge on any atom is 0.257 e. The molecule has 5 nitrogen and oxygen atoms in total. The van der Waals surface area contributed by atoms with Crippen molar-refractivity contribution in [1.29, 1.82) is 0 Å². The van der Waals surface area contributed by atoms with Crippen LogP contribution < -0.4 is 0 Å². The summed E-state index contributed by atoms with van der Waals surface area (Å²) in [5.74, 6) is 0.983. The first-order valence-corrected chi connectivity index (χ1v) is 7.36. The summed E-state index contributed by atoms with van der Waals surface area (Å²) in [6.45, 7) is 6.78. The fraction of sp³-hybridized carbons (Fsp3) is 0.500. The summed E-state index contributed by atoms with van der Waals surface area (Å²) >= 11 is 0. The van der Waals surface area contributed by atoms with Crippen LogP contribution in [0.25, 0.3) is 0 Å². The molecule has 2 aromatic rings. The normalized spacial score (nSPS) is 12.4. The lowest BCUT2D eigenvalue weighted by molar-refractivity contribution is 0.0735. The van der Waals surface area contributed by atoms with Gasteiger partial charge in [0.05, 0.1) is 18.0 Å². The number of rotatable bonds is 6. The van der Waals surface area contributed by atoms with Crippen molar-refractivity contribution < 1.29 is 9.21 Å². The number of carbonyl (C=O) groups is 1. The molecule has 1 atom stereocenters. The van der Waals surface area contributed by atoms with Crippen molar-refractivity contribution in [3.63, 3.8) is 0 Å². The molecular formula is C16H23N3O2. The first-order valence-electron chi connectivity index (χ1n) is 7.36. The Bertz CT molecular complexity index is 587. The van der Waals surface area contributed by atoms with E-state index in [1.165, 1.54) is 0 Å². The van der Waals surface area contributed by atoms with Gasteiger partial charge in [-0.3, -0.25) is 9.48 Å². The smallest absolute Gasteiger partial charge is 0.257 e. The van der Waals surface area contributed by atoms with Crippen LogP contribution in [0, 0.1) is 6.92 Å². The van der Waals surface area contributed by atoms with E-state index >= 15 is 0 Å². The van der Waals surface area contributed by atoms with Crippen molar-refractivity contribution in [3.8, 4) is 0 Å². The minimum atomic E-state index is 0.0270. The van der Waals surface area contributed by atoms with Crippen LogP contribution in [0.3, 0.4) is 0 Å². The van der Waals surface area contributed by atoms with Crippen molar-refractivity contribution in [3.05, 3.63) is 41.6 Å². The second-order valence-corrected chi connectivity index (χ2v) is 5.34. The Morgan fingerprint density at radius 3 is 2.86 bits per heavy atom. The third kappa shape index (κ3) is 3.35. The molecule has 114 valence electrons. The Hall–Kier alpha value is -2.04. The predicted octanol–water partition coefficient (Wildman–Crippen LogP) is 2.90. The van der Waals surface area contributed by atoms with Gasteiger partial charge >= 0.3 is 0 Å². The Kier molecular flexibility index (Phi) is 4.83. The topological polar surface area (TPSA) is 51.3 Å². The standard InChI is InChI=1S/C16H23N3O2/c1-5-19-13(3)15(11-17-19)16(20)18(4)12(2)8-9-14-7-6-10-21-14/h6-7,10-12H,5,8-9H2,1-4H3. The Morgan fingerprint density at radius 1 is 1.52 bits per heavy atom. The molecular weight excluding hydrogens is 266 g/mol. The average molecular weight is 289 g/mol. The highest BCUT2D eigenvalue weighted by Crippen LogP contribution is 2.14. The molecule has 0 radical (unpaired) electrons. The van der Waals surface area contributed by atoms with Gasteiger partial charge in [0.25, 0.3) is 5.91 Å². The number of carbonyl (C=O) groups excluding carboxylic acids is 1. The molecule has 0 aliphatic rings. The van der Waals surface area contributed by atoms with Crippen molar-refractivity contribution in [1.82, 2.24) is 14.7 Å². The lowest BCUT2D eigenvalue weighted by Crippen LogP contribution is -2.35. The Morgan fingerprint density at radius 2 is 2.29 bits per heavy atom. The third-order valence-electron chi connectivity index (χ3n) is 4.00. The van der Waals surface area contributed by atoms with E-state index in [1.807, 2.05) is 37.7 Å². The summed E-state index contributed by atoms with van der Waals surface area (Å²) in [5.41, 5.74) is 1.61. The number of hydrogen-bond acceptors (Lipinski definition) is 3. The average Bonchev–Trinajstić information content (AvgIpc) is 3.12. The zero-order chi connectivity index (χ0) is 15.4. The molecule has 2 aromatic heterocycles. The van der Waals surface area contributed by atoms with Gasteiger partial charge in [-0.25, -0.2) is 0 Å². The second kappa shape index (κ2) is 6.61. The quantitative estimate of drug-likeness (QED) is 0.821. The molecule has 5 heteroatoms. The number of hydrogen-bond donors (Lipinski definition) is 0. The van der Waals surface area contributed by atoms with Gasteiger partial charge in [0.1, 0.15) is 5.76 Å². The minimum absolute atomic E-state index is 0.0270. The number of furan rings is 1. The lowest BCUT2D eigenvalue weighted by atomic mass is 10.1. The third-order valence-corrected chi connectivity index (χ3v) is 4.00. The first-order chi connectivity index (χ1) is 10.0. The highest BCUT2D eigenvalue weighted by molar-refractivity contribution is 5.95. The summed E-state index contributed by atoms with van der Waals surface area (Å²) < 4.78 is 7.17. The maximum atomic E-state index is 12.5. The molecule has 0 N–H and O–H groups in total. The number of nitrogens with zero attached hydrogens (tertiary/aromatic N) is 3. The van der Waals surface area contributed by atoms with E-state index in [4.69, 9.17) is 4.42 Å². The van der Waals surface area contributed by atoms with Crippen LogP contribution >= 0.6 is 0 Å². The van der Waals surface area contributed by atoms with E-state index in [0.29, 0.717) is 5.56 Å². The van der Waals surface area contributed by atoms with Crippen LogP contribution in [0.2, 0.25) is 0 Å². The van der Waals surface area contributed by atoms with Crippen molar-refractivity contribution in [2.45, 2.75) is 46.2 Å². The second-order valence-electron chi connectivity index (χ2n) is 5.34. The van der Waals surface area contributed by atoms with E-state index in [-0.39, 0.29) is 11.9 Å². The molecule has 0 bridgehead atoms. The van der Waals surface area contributed by atoms with Gasteiger partial charge in [-0.2, -0.15) is 5.10 Å². The Balaban J connectivity index is 1.99. The highest BCUT2D eigenvalue weighted by atomic mass is 16.3. The van der Waals surface area contributed by atoms with Gasteiger partial charge in [0, 0.05) is 31.7 Å². The molecule has 0 spiro atoms. The molecule has 0 aromatic carbocycles. The molecule has 1 unspecified atom stereocenters. The largest absolute Gasteiger partial charge is 0.469 e. The fourth-order valence-electron chi connectivity index (χ4n) is 2.37. The van der Waals surface area contributed by atoms with Crippen LogP contribution in [0.4, 0.5) is 0 Å². The molecule has 2 rings (SSSR count). The van der Waals surface area contributed by atoms with Crippen molar-refractivity contribution in [2.75, 3.05) is 7.05 Å². The van der Waals surface area contributed by atoms with Crippen molar-refractivity contribution >= 4 is 5.91 Å². The number of aryl methyl sites for hydroxylation is 2. The van der Waals surface area contributed by atoms with Crippen LogP contribution in [0.1, 0.15) is 42.1 Å². The van der Waals surface area contributed by atoms with Gasteiger partial charge < -0.3 is 9.32 Å². The maximum absolute atomic E-state index is 12.5. The number of amides is 1. The highest BCUT2D eigenvalue weighted by Gasteiger charge is 2.21. The molecule has 0 aliphatic heterocycles. The molecule has 0 saturated carbocycles. The molecule has 21 heavy (non-hydrogen) atoms. The van der Waals surface area contributed by atoms with Gasteiger partial charge in [-0.15, -0.1) is 0 Å². The molecule has 0 aliphatic carbocycles. The molecule has 2 heterocycles. The molecule has 1 amide bonds. The summed E-state index contributed by atoms with van der Waals surface area (Å²) in [7, 11) is 1.85. The summed E-state index contributed by atoms with van der Waals surface area (Å²) in [4.78, 5) is 14.3. The Labute approximate surface area is 125 Å².